The summed E-state index contributed by atoms with van der Waals surface area (Å²) in [4.78, 5) is 20.2. The van der Waals surface area contributed by atoms with Crippen LogP contribution in [0.5, 0.6) is 11.5 Å². The van der Waals surface area contributed by atoms with Gasteiger partial charge in [-0.1, -0.05) is 29.3 Å². The Balaban J connectivity index is 1.68. The smallest absolute Gasteiger partial charge is 0.244 e. The zero-order valence-corrected chi connectivity index (χ0v) is 18.3. The van der Waals surface area contributed by atoms with E-state index in [9.17, 15) is 13.6 Å². The van der Waals surface area contributed by atoms with Crippen LogP contribution in [0.4, 0.5) is 31.8 Å². The number of methoxy groups -OCH3 is 2. The molecule has 0 spiro atoms. The number of ether oxygens (including phenoxy) is 2. The molecule has 1 heterocycles. The molecular formula is C20H17Cl2F2N5O3. The lowest BCUT2D eigenvalue weighted by molar-refractivity contribution is -0.114. The average molecular weight is 484 g/mol. The van der Waals surface area contributed by atoms with Gasteiger partial charge < -0.3 is 25.4 Å². The zero-order chi connectivity index (χ0) is 23.3. The Hall–Kier alpha value is -3.37. The lowest BCUT2D eigenvalue weighted by Gasteiger charge is -2.15. The van der Waals surface area contributed by atoms with E-state index in [1.165, 1.54) is 32.4 Å². The number of para-hydroxylation sites is 1. The number of nitrogens with one attached hydrogen (secondary N) is 3. The Morgan fingerprint density at radius 2 is 1.72 bits per heavy atom. The Labute approximate surface area is 191 Å². The third-order valence-electron chi connectivity index (χ3n) is 4.14. The first-order valence-corrected chi connectivity index (χ1v) is 9.76. The zero-order valence-electron chi connectivity index (χ0n) is 16.8. The molecule has 0 aliphatic rings. The Kier molecular flexibility index (Phi) is 7.49. The van der Waals surface area contributed by atoms with E-state index in [1.807, 2.05) is 0 Å². The van der Waals surface area contributed by atoms with Crippen molar-refractivity contribution in [1.29, 1.82) is 0 Å². The molecule has 0 unspecified atom stereocenters. The van der Waals surface area contributed by atoms with Crippen molar-refractivity contribution < 1.29 is 23.0 Å². The molecule has 8 nitrogen and oxygen atoms in total. The summed E-state index contributed by atoms with van der Waals surface area (Å²) in [5, 5.41) is 8.30. The van der Waals surface area contributed by atoms with Crippen LogP contribution in [0.1, 0.15) is 0 Å². The molecule has 0 atom stereocenters. The molecule has 12 heteroatoms. The number of hydrogen-bond acceptors (Lipinski definition) is 7. The summed E-state index contributed by atoms with van der Waals surface area (Å²) in [6.07, 6.45) is 1.13. The first kappa shape index (κ1) is 23.3. The minimum atomic E-state index is -0.788. The highest BCUT2D eigenvalue weighted by Gasteiger charge is 2.18. The summed E-state index contributed by atoms with van der Waals surface area (Å²) in [6, 6.07) is 6.30. The molecule has 0 bridgehead atoms. The minimum Gasteiger partial charge on any atom is -0.495 e. The Bertz CT molecular complexity index is 1130. The maximum Gasteiger partial charge on any atom is 0.244 e. The van der Waals surface area contributed by atoms with Gasteiger partial charge in [-0.3, -0.25) is 4.79 Å². The van der Waals surface area contributed by atoms with Crippen LogP contribution in [-0.4, -0.2) is 36.6 Å². The van der Waals surface area contributed by atoms with Crippen molar-refractivity contribution in [3.05, 3.63) is 58.3 Å². The molecular weight excluding hydrogens is 467 g/mol. The van der Waals surface area contributed by atoms with Gasteiger partial charge in [0.1, 0.15) is 51.1 Å². The predicted molar refractivity (Wildman–Crippen MR) is 118 cm³/mol. The lowest BCUT2D eigenvalue weighted by Crippen LogP contribution is -2.22. The number of carbonyl (C=O) groups is 1. The second-order valence-corrected chi connectivity index (χ2v) is 6.96. The number of rotatable bonds is 8. The van der Waals surface area contributed by atoms with Crippen LogP contribution in [-0.2, 0) is 4.79 Å². The average Bonchev–Trinajstić information content (AvgIpc) is 2.76. The highest BCUT2D eigenvalue weighted by atomic mass is 35.5. The Morgan fingerprint density at radius 1 is 1.03 bits per heavy atom. The van der Waals surface area contributed by atoms with Crippen LogP contribution in [0.15, 0.2) is 36.7 Å². The van der Waals surface area contributed by atoms with E-state index < -0.39 is 17.5 Å². The normalized spacial score (nSPS) is 10.4. The largest absolute Gasteiger partial charge is 0.495 e. The van der Waals surface area contributed by atoms with Crippen LogP contribution in [0.2, 0.25) is 10.0 Å². The minimum absolute atomic E-state index is 0.0856. The second kappa shape index (κ2) is 10.3. The van der Waals surface area contributed by atoms with Gasteiger partial charge in [0.15, 0.2) is 5.75 Å². The van der Waals surface area contributed by atoms with Crippen molar-refractivity contribution in [3.63, 3.8) is 0 Å². The van der Waals surface area contributed by atoms with Crippen LogP contribution in [0.25, 0.3) is 0 Å². The quantitative estimate of drug-likeness (QED) is 0.420. The third-order valence-corrected chi connectivity index (χ3v) is 4.87. The molecule has 0 radical (unpaired) electrons. The molecule has 168 valence electrons. The van der Waals surface area contributed by atoms with E-state index in [2.05, 4.69) is 25.9 Å². The van der Waals surface area contributed by atoms with Gasteiger partial charge in [0.05, 0.1) is 26.5 Å². The van der Waals surface area contributed by atoms with Gasteiger partial charge in [0.2, 0.25) is 5.91 Å². The van der Waals surface area contributed by atoms with Crippen molar-refractivity contribution in [2.24, 2.45) is 0 Å². The first-order chi connectivity index (χ1) is 15.3. The molecule has 0 saturated carbocycles. The van der Waals surface area contributed by atoms with E-state index >= 15 is 0 Å². The number of hydrogen-bond donors (Lipinski definition) is 3. The van der Waals surface area contributed by atoms with Crippen LogP contribution >= 0.6 is 23.2 Å². The van der Waals surface area contributed by atoms with Crippen molar-refractivity contribution in [2.45, 2.75) is 0 Å². The maximum absolute atomic E-state index is 13.8. The molecule has 32 heavy (non-hydrogen) atoms. The number of anilines is 4. The molecule has 3 aromatic rings. The van der Waals surface area contributed by atoms with E-state index in [0.717, 1.165) is 18.5 Å². The molecule has 3 rings (SSSR count). The number of benzene rings is 2. The predicted octanol–water partition coefficient (Wildman–Crippen LogP) is 4.87. The molecule has 0 aliphatic heterocycles. The number of nitrogens with zero attached hydrogens (tertiary/aromatic N) is 2. The standard InChI is InChI=1S/C20H17Cl2F2N5O3/c1-31-13-6-12(17(21)20(32-2)18(13)22)25-8-16(30)28-14-7-15(27-9-26-14)29-19-10(23)4-3-5-11(19)24/h3-7,9,25H,8H2,1-2H3,(H2,26,27,28,29,30). The third kappa shape index (κ3) is 5.27. The monoisotopic (exact) mass is 483 g/mol. The number of amides is 1. The van der Waals surface area contributed by atoms with Crippen LogP contribution in [0.3, 0.4) is 0 Å². The molecule has 0 saturated heterocycles. The molecule has 0 aliphatic carbocycles. The number of aromatic nitrogens is 2. The summed E-state index contributed by atoms with van der Waals surface area (Å²) < 4.78 is 38.0. The highest BCUT2D eigenvalue weighted by Crippen LogP contribution is 2.44. The van der Waals surface area contributed by atoms with Gasteiger partial charge in [-0.15, -0.1) is 0 Å². The molecule has 0 fully saturated rings. The maximum atomic E-state index is 13.8. The summed E-state index contributed by atoms with van der Waals surface area (Å²) >= 11 is 12.4. The van der Waals surface area contributed by atoms with Gasteiger partial charge in [-0.2, -0.15) is 0 Å². The fraction of sp³-hybridized carbons (Fsp3) is 0.150. The van der Waals surface area contributed by atoms with Gasteiger partial charge in [-0.05, 0) is 12.1 Å². The van der Waals surface area contributed by atoms with Gasteiger partial charge >= 0.3 is 0 Å². The van der Waals surface area contributed by atoms with Gasteiger partial charge in [0, 0.05) is 12.1 Å². The van der Waals surface area contributed by atoms with Crippen molar-refractivity contribution in [3.8, 4) is 11.5 Å². The SMILES string of the molecule is COc1cc(NCC(=O)Nc2cc(Nc3c(F)cccc3F)ncn2)c(Cl)c(OC)c1Cl. The summed E-state index contributed by atoms with van der Waals surface area (Å²) in [6.45, 7) is -0.192. The number of halogens is 4. The van der Waals surface area contributed by atoms with Crippen LogP contribution < -0.4 is 25.4 Å². The summed E-state index contributed by atoms with van der Waals surface area (Å²) in [5.41, 5.74) is -0.00888. The van der Waals surface area contributed by atoms with Crippen LogP contribution in [0, 0.1) is 11.6 Å². The topological polar surface area (TPSA) is 97.4 Å². The Morgan fingerprint density at radius 3 is 2.38 bits per heavy atom. The second-order valence-electron chi connectivity index (χ2n) is 6.20. The molecule has 1 amide bonds. The fourth-order valence-electron chi connectivity index (χ4n) is 2.65. The van der Waals surface area contributed by atoms with Crippen molar-refractivity contribution in [1.82, 2.24) is 9.97 Å². The molecule has 3 N–H and O–H groups in total. The van der Waals surface area contributed by atoms with E-state index in [-0.39, 0.29) is 39.7 Å². The van der Waals surface area contributed by atoms with Gasteiger partial charge in [-0.25, -0.2) is 18.7 Å². The summed E-state index contributed by atoms with van der Waals surface area (Å²) in [7, 11) is 2.83. The number of carbonyl (C=O) groups excluding carboxylic acids is 1. The summed E-state index contributed by atoms with van der Waals surface area (Å²) in [5.74, 6) is -1.35. The van der Waals surface area contributed by atoms with E-state index in [4.69, 9.17) is 32.7 Å². The van der Waals surface area contributed by atoms with Crippen molar-refractivity contribution >= 4 is 52.1 Å². The molecule has 1 aromatic heterocycles. The first-order valence-electron chi connectivity index (χ1n) is 9.00. The van der Waals surface area contributed by atoms with E-state index in [1.54, 1.807) is 0 Å². The lowest BCUT2D eigenvalue weighted by atomic mass is 10.2. The molecule has 2 aromatic carbocycles. The van der Waals surface area contributed by atoms with Crippen molar-refractivity contribution in [2.75, 3.05) is 36.7 Å². The van der Waals surface area contributed by atoms with E-state index in [0.29, 0.717) is 11.4 Å². The van der Waals surface area contributed by atoms with Gasteiger partial charge in [0.25, 0.3) is 0 Å². The highest BCUT2D eigenvalue weighted by molar-refractivity contribution is 6.39. The fourth-order valence-corrected chi connectivity index (χ4v) is 3.29.